The second kappa shape index (κ2) is 7.49. The summed E-state index contributed by atoms with van der Waals surface area (Å²) in [6.07, 6.45) is 1.88. The Morgan fingerprint density at radius 2 is 2.15 bits per heavy atom. The van der Waals surface area contributed by atoms with Crippen molar-refractivity contribution in [3.8, 4) is 0 Å². The average molecular weight is 400 g/mol. The van der Waals surface area contributed by atoms with Gasteiger partial charge in [0.05, 0.1) is 16.1 Å². The number of fused-ring (bicyclic) bond motifs is 1. The van der Waals surface area contributed by atoms with E-state index in [1.165, 1.54) is 10.3 Å². The second-order valence-electron chi connectivity index (χ2n) is 7.15. The number of hydrogen-bond donors (Lipinski definition) is 1. The van der Waals surface area contributed by atoms with Crippen LogP contribution in [-0.4, -0.2) is 24.0 Å². The van der Waals surface area contributed by atoms with Gasteiger partial charge in [-0.2, -0.15) is 0 Å². The van der Waals surface area contributed by atoms with Gasteiger partial charge in [0.15, 0.2) is 5.13 Å². The van der Waals surface area contributed by atoms with E-state index in [1.807, 2.05) is 25.1 Å². The molecule has 140 valence electrons. The molecule has 0 spiro atoms. The van der Waals surface area contributed by atoms with Gasteiger partial charge in [0, 0.05) is 23.8 Å². The second-order valence-corrected chi connectivity index (χ2v) is 8.57. The maximum Gasteiger partial charge on any atom is 0.229 e. The molecule has 1 amide bonds. The van der Waals surface area contributed by atoms with E-state index in [4.69, 9.17) is 16.6 Å². The lowest BCUT2D eigenvalue weighted by atomic mass is 9.97. The molecule has 6 heteroatoms. The Morgan fingerprint density at radius 3 is 3.00 bits per heavy atom. The van der Waals surface area contributed by atoms with Crippen LogP contribution in [0.3, 0.4) is 0 Å². The molecule has 1 N–H and O–H groups in total. The molecule has 0 aliphatic carbocycles. The molecule has 1 aliphatic heterocycles. The molecule has 3 aromatic rings. The van der Waals surface area contributed by atoms with Gasteiger partial charge in [-0.25, -0.2) is 4.98 Å². The topological polar surface area (TPSA) is 45.2 Å². The van der Waals surface area contributed by atoms with E-state index in [1.54, 1.807) is 11.3 Å². The zero-order valence-electron chi connectivity index (χ0n) is 15.5. The molecule has 27 heavy (non-hydrogen) atoms. The molecule has 2 aromatic carbocycles. The third-order valence-corrected chi connectivity index (χ3v) is 6.61. The number of aromatic nitrogens is 1. The van der Waals surface area contributed by atoms with Gasteiger partial charge in [0.25, 0.3) is 0 Å². The molecule has 2 heterocycles. The fourth-order valence-corrected chi connectivity index (χ4v) is 4.77. The van der Waals surface area contributed by atoms with Crippen molar-refractivity contribution in [1.29, 1.82) is 0 Å². The maximum absolute atomic E-state index is 12.8. The summed E-state index contributed by atoms with van der Waals surface area (Å²) in [6.45, 7) is 5.66. The Balaban J connectivity index is 1.50. The van der Waals surface area contributed by atoms with Crippen molar-refractivity contribution >= 4 is 49.9 Å². The van der Waals surface area contributed by atoms with Crippen molar-refractivity contribution in [2.24, 2.45) is 5.92 Å². The minimum Gasteiger partial charge on any atom is -0.347 e. The first-order valence-corrected chi connectivity index (χ1v) is 10.4. The Hall–Kier alpha value is -2.11. The smallest absolute Gasteiger partial charge is 0.229 e. The van der Waals surface area contributed by atoms with Crippen LogP contribution >= 0.6 is 22.9 Å². The molecule has 1 atom stereocenters. The van der Waals surface area contributed by atoms with Gasteiger partial charge in [-0.05, 0) is 62.1 Å². The van der Waals surface area contributed by atoms with Crippen LogP contribution in [0.4, 0.5) is 10.8 Å². The zero-order valence-corrected chi connectivity index (χ0v) is 17.0. The van der Waals surface area contributed by atoms with Crippen LogP contribution in [0.2, 0.25) is 5.02 Å². The van der Waals surface area contributed by atoms with Crippen LogP contribution in [0, 0.1) is 19.8 Å². The highest BCUT2D eigenvalue weighted by Crippen LogP contribution is 2.32. The summed E-state index contributed by atoms with van der Waals surface area (Å²) >= 11 is 7.88. The Kier molecular flexibility index (Phi) is 5.06. The summed E-state index contributed by atoms with van der Waals surface area (Å²) in [5, 5.41) is 4.74. The number of benzene rings is 2. The normalized spacial score (nSPS) is 17.3. The molecule has 1 fully saturated rings. The zero-order chi connectivity index (χ0) is 19.0. The van der Waals surface area contributed by atoms with Crippen molar-refractivity contribution in [3.05, 3.63) is 52.5 Å². The number of thiazole rings is 1. The summed E-state index contributed by atoms with van der Waals surface area (Å²) in [7, 11) is 0. The summed E-state index contributed by atoms with van der Waals surface area (Å²) in [4.78, 5) is 19.9. The van der Waals surface area contributed by atoms with Gasteiger partial charge in [-0.15, -0.1) is 0 Å². The SMILES string of the molecule is Cc1ccc2nc(N3CCCC(C(=O)Nc4cccc(Cl)c4C)C3)sc2c1. The molecule has 1 saturated heterocycles. The van der Waals surface area contributed by atoms with Crippen molar-refractivity contribution in [2.45, 2.75) is 26.7 Å². The highest BCUT2D eigenvalue weighted by molar-refractivity contribution is 7.22. The minimum absolute atomic E-state index is 0.0501. The molecule has 1 aliphatic rings. The van der Waals surface area contributed by atoms with Crippen molar-refractivity contribution in [3.63, 3.8) is 0 Å². The van der Waals surface area contributed by atoms with Gasteiger partial charge in [0.2, 0.25) is 5.91 Å². The van der Waals surface area contributed by atoms with Crippen molar-refractivity contribution in [1.82, 2.24) is 4.98 Å². The number of carbonyl (C=O) groups excluding carboxylic acids is 1. The van der Waals surface area contributed by atoms with E-state index < -0.39 is 0 Å². The maximum atomic E-state index is 12.8. The molecule has 1 aromatic heterocycles. The highest BCUT2D eigenvalue weighted by Gasteiger charge is 2.28. The van der Waals surface area contributed by atoms with Gasteiger partial charge >= 0.3 is 0 Å². The largest absolute Gasteiger partial charge is 0.347 e. The summed E-state index contributed by atoms with van der Waals surface area (Å²) in [6, 6.07) is 11.9. The van der Waals surface area contributed by atoms with Gasteiger partial charge in [-0.1, -0.05) is 35.1 Å². The van der Waals surface area contributed by atoms with E-state index in [9.17, 15) is 4.79 Å². The van der Waals surface area contributed by atoms with E-state index in [2.05, 4.69) is 35.3 Å². The lowest BCUT2D eigenvalue weighted by molar-refractivity contribution is -0.120. The molecule has 4 nitrogen and oxygen atoms in total. The van der Waals surface area contributed by atoms with E-state index in [-0.39, 0.29) is 11.8 Å². The quantitative estimate of drug-likeness (QED) is 0.639. The lowest BCUT2D eigenvalue weighted by Crippen LogP contribution is -2.40. The van der Waals surface area contributed by atoms with E-state index >= 15 is 0 Å². The molecule has 0 radical (unpaired) electrons. The van der Waals surface area contributed by atoms with Crippen LogP contribution < -0.4 is 10.2 Å². The van der Waals surface area contributed by atoms with Crippen molar-refractivity contribution < 1.29 is 4.79 Å². The number of aryl methyl sites for hydroxylation is 1. The molecular formula is C21H22ClN3OS. The standard InChI is InChI=1S/C21H22ClN3OS/c1-13-8-9-18-19(11-13)27-21(24-18)25-10-4-5-15(12-25)20(26)23-17-7-3-6-16(22)14(17)2/h3,6-9,11,15H,4-5,10,12H2,1-2H3,(H,23,26). The van der Waals surface area contributed by atoms with Gasteiger partial charge in [0.1, 0.15) is 0 Å². The van der Waals surface area contributed by atoms with Crippen LogP contribution in [0.15, 0.2) is 36.4 Å². The number of anilines is 2. The number of nitrogens with one attached hydrogen (secondary N) is 1. The van der Waals surface area contributed by atoms with Crippen molar-refractivity contribution in [2.75, 3.05) is 23.3 Å². The molecular weight excluding hydrogens is 378 g/mol. The Morgan fingerprint density at radius 1 is 1.30 bits per heavy atom. The number of nitrogens with zero attached hydrogens (tertiary/aromatic N) is 2. The lowest BCUT2D eigenvalue weighted by Gasteiger charge is -2.31. The predicted octanol–water partition coefficient (Wildman–Crippen LogP) is 5.42. The van der Waals surface area contributed by atoms with Crippen LogP contribution in [-0.2, 0) is 4.79 Å². The number of halogens is 1. The van der Waals surface area contributed by atoms with Crippen LogP contribution in [0.1, 0.15) is 24.0 Å². The fraction of sp³-hybridized carbons (Fsp3) is 0.333. The first-order chi connectivity index (χ1) is 13.0. The van der Waals surface area contributed by atoms with Gasteiger partial charge in [-0.3, -0.25) is 4.79 Å². The Labute approximate surface area is 168 Å². The van der Waals surface area contributed by atoms with E-state index in [0.29, 0.717) is 11.6 Å². The number of hydrogen-bond acceptors (Lipinski definition) is 4. The number of carbonyl (C=O) groups is 1. The molecule has 4 rings (SSSR count). The predicted molar refractivity (Wildman–Crippen MR) is 114 cm³/mol. The summed E-state index contributed by atoms with van der Waals surface area (Å²) in [5.41, 5.74) is 3.97. The fourth-order valence-electron chi connectivity index (χ4n) is 3.50. The number of piperidine rings is 1. The van der Waals surface area contributed by atoms with Crippen LogP contribution in [0.5, 0.6) is 0 Å². The van der Waals surface area contributed by atoms with Crippen LogP contribution in [0.25, 0.3) is 10.2 Å². The monoisotopic (exact) mass is 399 g/mol. The highest BCUT2D eigenvalue weighted by atomic mass is 35.5. The third kappa shape index (κ3) is 3.80. The Bertz CT molecular complexity index is 1000. The number of amides is 1. The first-order valence-electron chi connectivity index (χ1n) is 9.19. The summed E-state index contributed by atoms with van der Waals surface area (Å²) < 4.78 is 1.20. The molecule has 0 saturated carbocycles. The first kappa shape index (κ1) is 18.3. The molecule has 0 bridgehead atoms. The molecule has 1 unspecified atom stereocenters. The van der Waals surface area contributed by atoms with E-state index in [0.717, 1.165) is 41.3 Å². The number of rotatable bonds is 3. The third-order valence-electron chi connectivity index (χ3n) is 5.12. The summed E-state index contributed by atoms with van der Waals surface area (Å²) in [5.74, 6) is 0.00732. The minimum atomic E-state index is -0.0501. The average Bonchev–Trinajstić information content (AvgIpc) is 3.09. The van der Waals surface area contributed by atoms with Gasteiger partial charge < -0.3 is 10.2 Å².